The Morgan fingerprint density at radius 2 is 1.44 bits per heavy atom. The van der Waals surface area contributed by atoms with Gasteiger partial charge >= 0.3 is 0 Å². The minimum atomic E-state index is 0.0319. The average molecular weight is 628 g/mol. The molecule has 0 spiro atoms. The lowest BCUT2D eigenvalue weighted by atomic mass is 9.43. The maximum absolute atomic E-state index is 12.5. The zero-order chi connectivity index (χ0) is 32.6. The molecule has 0 bridgehead atoms. The number of unbranched alkanes of at least 4 members (excludes halogenated alkanes) is 2. The number of carbonyl (C=O) groups is 3. The van der Waals surface area contributed by atoms with E-state index in [1.807, 2.05) is 0 Å². The minimum absolute atomic E-state index is 0.0319. The highest BCUT2D eigenvalue weighted by atomic mass is 16.7. The quantitative estimate of drug-likeness (QED) is 0.158. The first kappa shape index (κ1) is 36.5. The van der Waals surface area contributed by atoms with Crippen molar-refractivity contribution in [2.75, 3.05) is 20.1 Å². The van der Waals surface area contributed by atoms with Crippen LogP contribution in [0.5, 0.6) is 0 Å². The standard InChI is InChI=1S/C37H61N3O5/c1-7-9-11-27(41)23-39-44-29-17-19-36(4)26(21-29)22-33(45-40-24-28(42)12-10-8-2)35-31-15-14-30(25(3)13-16-34(43)38-6)37(31,5)20-18-32(35)36/h1-2,25-26,29-33,35,39-40H,7-24H2,3-6H3,(H,38,43). The van der Waals surface area contributed by atoms with Crippen LogP contribution in [-0.2, 0) is 24.1 Å². The molecule has 4 aliphatic rings. The summed E-state index contributed by atoms with van der Waals surface area (Å²) in [6, 6.07) is 0. The van der Waals surface area contributed by atoms with Crippen LogP contribution in [0.2, 0.25) is 0 Å². The molecule has 3 N–H and O–H groups in total. The number of hydrogen-bond acceptors (Lipinski definition) is 7. The average Bonchev–Trinajstić information content (AvgIpc) is 3.38. The Hall–Kier alpha value is -1.35. The Bertz CT molecular complexity index is 991. The van der Waals surface area contributed by atoms with Crippen molar-refractivity contribution in [1.29, 1.82) is 0 Å². The zero-order valence-electron chi connectivity index (χ0n) is 28.5. The summed E-state index contributed by atoms with van der Waals surface area (Å²) < 4.78 is 0. The number of ketones is 2. The fourth-order valence-corrected chi connectivity index (χ4v) is 10.3. The van der Waals surface area contributed by atoms with Gasteiger partial charge in [0.05, 0.1) is 25.3 Å². The first-order valence-corrected chi connectivity index (χ1v) is 18.0. The van der Waals surface area contributed by atoms with E-state index in [0.717, 1.165) is 32.1 Å². The van der Waals surface area contributed by atoms with Crippen molar-refractivity contribution in [3.05, 3.63) is 13.8 Å². The molecule has 4 saturated carbocycles. The van der Waals surface area contributed by atoms with Crippen molar-refractivity contribution < 1.29 is 24.1 Å². The fraction of sp³-hybridized carbons (Fsp3) is 0.865. The second-order valence-corrected chi connectivity index (χ2v) is 15.3. The van der Waals surface area contributed by atoms with Crippen molar-refractivity contribution in [2.45, 2.75) is 136 Å². The fourth-order valence-electron chi connectivity index (χ4n) is 10.3. The molecule has 0 heterocycles. The molecule has 0 aromatic carbocycles. The number of rotatable bonds is 18. The van der Waals surface area contributed by atoms with Crippen molar-refractivity contribution in [3.63, 3.8) is 0 Å². The molecular weight excluding hydrogens is 566 g/mol. The van der Waals surface area contributed by atoms with Gasteiger partial charge in [0.15, 0.2) is 0 Å². The monoisotopic (exact) mass is 627 g/mol. The second kappa shape index (κ2) is 16.7. The van der Waals surface area contributed by atoms with Crippen LogP contribution < -0.4 is 16.3 Å². The molecule has 0 saturated heterocycles. The predicted molar refractivity (Wildman–Crippen MR) is 175 cm³/mol. The normalized spacial score (nSPS) is 36.4. The number of fused-ring (bicyclic) bond motifs is 5. The molecule has 8 heteroatoms. The number of amides is 1. The zero-order valence-corrected chi connectivity index (χ0v) is 28.5. The summed E-state index contributed by atoms with van der Waals surface area (Å²) in [7, 11) is 1.72. The largest absolute Gasteiger partial charge is 0.359 e. The van der Waals surface area contributed by atoms with Crippen molar-refractivity contribution in [2.24, 2.45) is 46.3 Å². The molecule has 10 atom stereocenters. The molecule has 254 valence electrons. The molecule has 10 unspecified atom stereocenters. The molecule has 4 fully saturated rings. The molecule has 4 rings (SSSR count). The van der Waals surface area contributed by atoms with Gasteiger partial charge in [-0.3, -0.25) is 24.1 Å². The van der Waals surface area contributed by atoms with Gasteiger partial charge in [-0.25, -0.2) is 0 Å². The molecule has 4 radical (unpaired) electrons. The van der Waals surface area contributed by atoms with Gasteiger partial charge in [-0.2, -0.15) is 11.0 Å². The number of nitrogens with one attached hydrogen (secondary N) is 3. The molecule has 0 aromatic rings. The van der Waals surface area contributed by atoms with Crippen LogP contribution >= 0.6 is 0 Å². The van der Waals surface area contributed by atoms with Gasteiger partial charge in [0.25, 0.3) is 0 Å². The number of Topliss-reactive ketones (excluding diaryl/α,β-unsaturated/α-hetero) is 2. The van der Waals surface area contributed by atoms with Gasteiger partial charge in [-0.05, 0) is 144 Å². The Balaban J connectivity index is 1.47. The molecule has 4 aliphatic carbocycles. The highest BCUT2D eigenvalue weighted by molar-refractivity contribution is 5.80. The van der Waals surface area contributed by atoms with Crippen LogP contribution in [0, 0.1) is 60.2 Å². The van der Waals surface area contributed by atoms with E-state index in [-0.39, 0.29) is 53.6 Å². The van der Waals surface area contributed by atoms with Crippen LogP contribution in [0.4, 0.5) is 0 Å². The molecule has 45 heavy (non-hydrogen) atoms. The van der Waals surface area contributed by atoms with Crippen LogP contribution in [0.15, 0.2) is 0 Å². The summed E-state index contributed by atoms with van der Waals surface area (Å²) in [5, 5.41) is 2.79. The van der Waals surface area contributed by atoms with E-state index in [1.54, 1.807) is 7.05 Å². The van der Waals surface area contributed by atoms with Crippen LogP contribution in [0.25, 0.3) is 0 Å². The predicted octanol–water partition coefficient (Wildman–Crippen LogP) is 6.10. The van der Waals surface area contributed by atoms with E-state index in [0.29, 0.717) is 80.5 Å². The lowest BCUT2D eigenvalue weighted by Gasteiger charge is -2.63. The third-order valence-corrected chi connectivity index (χ3v) is 12.8. The van der Waals surface area contributed by atoms with E-state index in [1.165, 1.54) is 25.7 Å². The highest BCUT2D eigenvalue weighted by Gasteiger charge is 2.63. The van der Waals surface area contributed by atoms with E-state index in [2.05, 4.69) is 37.0 Å². The van der Waals surface area contributed by atoms with Crippen molar-refractivity contribution in [3.8, 4) is 0 Å². The van der Waals surface area contributed by atoms with Gasteiger partial charge in [0, 0.05) is 26.3 Å². The van der Waals surface area contributed by atoms with Gasteiger partial charge in [0.2, 0.25) is 5.91 Å². The van der Waals surface area contributed by atoms with Gasteiger partial charge in [0.1, 0.15) is 11.6 Å². The lowest BCUT2D eigenvalue weighted by molar-refractivity contribution is -0.210. The maximum Gasteiger partial charge on any atom is 0.219 e. The summed E-state index contributed by atoms with van der Waals surface area (Å²) in [5.41, 5.74) is 6.53. The Labute approximate surface area is 273 Å². The van der Waals surface area contributed by atoms with Crippen molar-refractivity contribution >= 4 is 17.5 Å². The topological polar surface area (TPSA) is 106 Å². The summed E-state index contributed by atoms with van der Waals surface area (Å²) in [4.78, 5) is 49.3. The van der Waals surface area contributed by atoms with Crippen LogP contribution in [-0.4, -0.2) is 49.8 Å². The Morgan fingerprint density at radius 3 is 2.09 bits per heavy atom. The number of hydroxylamine groups is 2. The van der Waals surface area contributed by atoms with Gasteiger partial charge in [-0.1, -0.05) is 20.8 Å². The highest BCUT2D eigenvalue weighted by Crippen LogP contribution is 2.68. The Morgan fingerprint density at radius 1 is 0.822 bits per heavy atom. The molecule has 1 amide bonds. The third kappa shape index (κ3) is 8.58. The Kier molecular flexibility index (Phi) is 13.5. The molecule has 0 aliphatic heterocycles. The first-order chi connectivity index (χ1) is 21.6. The lowest BCUT2D eigenvalue weighted by Crippen LogP contribution is -2.60. The SMILES string of the molecule is [CH]CCCC(=O)CNOC1CCC2(C)C(C1)CC(ONCC(=O)CCC[CH])C1C2CCC2(C)C(C(C)CCC(=O)NC)CCC12. The third-order valence-electron chi connectivity index (χ3n) is 12.8. The van der Waals surface area contributed by atoms with Crippen LogP contribution in [0.3, 0.4) is 0 Å². The summed E-state index contributed by atoms with van der Waals surface area (Å²) in [6.07, 6.45) is 13.8. The van der Waals surface area contributed by atoms with E-state index in [4.69, 9.17) is 23.5 Å². The molecule has 8 nitrogen and oxygen atoms in total. The number of carbonyl (C=O) groups excluding carboxylic acids is 3. The first-order valence-electron chi connectivity index (χ1n) is 18.0. The maximum atomic E-state index is 12.5. The van der Waals surface area contributed by atoms with Crippen LogP contribution in [0.1, 0.15) is 124 Å². The van der Waals surface area contributed by atoms with E-state index >= 15 is 0 Å². The smallest absolute Gasteiger partial charge is 0.219 e. The van der Waals surface area contributed by atoms with E-state index in [9.17, 15) is 14.4 Å². The van der Waals surface area contributed by atoms with Gasteiger partial charge in [-0.15, -0.1) is 0 Å². The summed E-state index contributed by atoms with van der Waals surface area (Å²) >= 11 is 0. The number of hydrogen-bond donors (Lipinski definition) is 3. The second-order valence-electron chi connectivity index (χ2n) is 15.3. The summed E-state index contributed by atoms with van der Waals surface area (Å²) in [6.45, 7) is 19.0. The summed E-state index contributed by atoms with van der Waals surface area (Å²) in [5.74, 6) is 3.50. The minimum Gasteiger partial charge on any atom is -0.359 e. The van der Waals surface area contributed by atoms with Gasteiger partial charge < -0.3 is 5.32 Å². The van der Waals surface area contributed by atoms with Crippen molar-refractivity contribution in [1.82, 2.24) is 16.3 Å². The molecule has 0 aromatic heterocycles. The van der Waals surface area contributed by atoms with E-state index < -0.39 is 0 Å². The molecular formula is C37H61N3O5.